The van der Waals surface area contributed by atoms with Crippen LogP contribution in [0.15, 0.2) is 66.5 Å². The number of rotatable bonds is 5. The third kappa shape index (κ3) is 4.26. The van der Waals surface area contributed by atoms with E-state index in [0.29, 0.717) is 6.08 Å². The van der Waals surface area contributed by atoms with E-state index in [1.807, 2.05) is 48.5 Å². The van der Waals surface area contributed by atoms with Crippen LogP contribution < -0.4 is 0 Å². The molecule has 3 rings (SSSR count). The number of hydrogen-bond donors (Lipinski definition) is 0. The zero-order chi connectivity index (χ0) is 20.5. The lowest BCUT2D eigenvalue weighted by molar-refractivity contribution is -0.147. The molecule has 0 aliphatic heterocycles. The van der Waals surface area contributed by atoms with E-state index in [-0.39, 0.29) is 6.61 Å². The molecule has 0 saturated heterocycles. The summed E-state index contributed by atoms with van der Waals surface area (Å²) in [6.45, 7) is 3.25. The largest absolute Gasteiger partial charge is 0.461 e. The highest BCUT2D eigenvalue weighted by Crippen LogP contribution is 2.60. The van der Waals surface area contributed by atoms with E-state index in [1.165, 1.54) is 0 Å². The lowest BCUT2D eigenvalue weighted by atomic mass is 10.0. The van der Waals surface area contributed by atoms with Crippen LogP contribution in [-0.4, -0.2) is 12.1 Å². The van der Waals surface area contributed by atoms with Gasteiger partial charge in [-0.05, 0) is 40.2 Å². The van der Waals surface area contributed by atoms with Crippen LogP contribution in [-0.2, 0) is 16.1 Å². The van der Waals surface area contributed by atoms with Gasteiger partial charge in [0.15, 0.2) is 5.83 Å². The minimum atomic E-state index is -5.04. The van der Waals surface area contributed by atoms with E-state index < -0.39 is 35.2 Å². The molecule has 2 nitrogen and oxygen atoms in total. The highest BCUT2D eigenvalue weighted by molar-refractivity contribution is 5.78. The molecule has 1 saturated carbocycles. The van der Waals surface area contributed by atoms with Crippen LogP contribution in [0.4, 0.5) is 17.6 Å². The van der Waals surface area contributed by atoms with E-state index in [2.05, 4.69) is 0 Å². The van der Waals surface area contributed by atoms with Gasteiger partial charge in [0.25, 0.3) is 0 Å². The fourth-order valence-electron chi connectivity index (χ4n) is 3.41. The van der Waals surface area contributed by atoms with Crippen LogP contribution >= 0.6 is 0 Å². The van der Waals surface area contributed by atoms with Crippen LogP contribution in [0, 0.1) is 17.3 Å². The number of alkyl halides is 3. The summed E-state index contributed by atoms with van der Waals surface area (Å²) in [6.07, 6.45) is -4.55. The predicted octanol–water partition coefficient (Wildman–Crippen LogP) is 6.08. The third-order valence-corrected chi connectivity index (χ3v) is 5.18. The summed E-state index contributed by atoms with van der Waals surface area (Å²) in [5.74, 6) is -4.42. The standard InChI is InChI=1S/C22H20F4O2/c1-21(2)17(12-18(23)22(24,25)26)19(21)20(27)28-13-14-7-6-10-16(11-14)15-8-4-3-5-9-15/h3-12,17,19H,13H2,1-2H3/t17-,19-/m1/s1. The maximum Gasteiger partial charge on any atom is 0.442 e. The maximum absolute atomic E-state index is 13.2. The van der Waals surface area contributed by atoms with Crippen LogP contribution in [0.3, 0.4) is 0 Å². The van der Waals surface area contributed by atoms with Gasteiger partial charge in [-0.2, -0.15) is 13.2 Å². The minimum Gasteiger partial charge on any atom is -0.461 e. The van der Waals surface area contributed by atoms with E-state index >= 15 is 0 Å². The summed E-state index contributed by atoms with van der Waals surface area (Å²) in [6, 6.07) is 17.2. The van der Waals surface area contributed by atoms with E-state index in [0.717, 1.165) is 16.7 Å². The fourth-order valence-corrected chi connectivity index (χ4v) is 3.41. The van der Waals surface area contributed by atoms with E-state index in [9.17, 15) is 22.4 Å². The average molecular weight is 392 g/mol. The van der Waals surface area contributed by atoms with Crippen LogP contribution in [0.1, 0.15) is 19.4 Å². The van der Waals surface area contributed by atoms with Crippen molar-refractivity contribution >= 4 is 5.97 Å². The molecular weight excluding hydrogens is 372 g/mol. The minimum absolute atomic E-state index is 0.00424. The molecule has 0 spiro atoms. The zero-order valence-electron chi connectivity index (χ0n) is 15.5. The maximum atomic E-state index is 13.2. The lowest BCUT2D eigenvalue weighted by Crippen LogP contribution is -2.11. The molecule has 0 radical (unpaired) electrons. The van der Waals surface area contributed by atoms with Gasteiger partial charge in [-0.1, -0.05) is 62.4 Å². The van der Waals surface area contributed by atoms with Crippen molar-refractivity contribution in [3.8, 4) is 11.1 Å². The zero-order valence-corrected chi connectivity index (χ0v) is 15.5. The van der Waals surface area contributed by atoms with Crippen molar-refractivity contribution in [2.75, 3.05) is 0 Å². The number of allylic oxidation sites excluding steroid dienone is 2. The second kappa shape index (κ2) is 7.41. The quantitative estimate of drug-likeness (QED) is 0.455. The van der Waals surface area contributed by atoms with Crippen LogP contribution in [0.2, 0.25) is 0 Å². The Morgan fingerprint density at radius 1 is 1.07 bits per heavy atom. The first-order chi connectivity index (χ1) is 13.1. The van der Waals surface area contributed by atoms with Gasteiger partial charge >= 0.3 is 12.1 Å². The molecular formula is C22H20F4O2. The first-order valence-corrected chi connectivity index (χ1v) is 8.86. The Kier molecular flexibility index (Phi) is 5.33. The molecule has 0 bridgehead atoms. The Morgan fingerprint density at radius 2 is 1.71 bits per heavy atom. The van der Waals surface area contributed by atoms with Crippen molar-refractivity contribution in [3.05, 3.63) is 72.1 Å². The van der Waals surface area contributed by atoms with Gasteiger partial charge in [0.2, 0.25) is 0 Å². The third-order valence-electron chi connectivity index (χ3n) is 5.18. The van der Waals surface area contributed by atoms with Gasteiger partial charge in [-0.25, -0.2) is 4.39 Å². The Morgan fingerprint density at radius 3 is 2.36 bits per heavy atom. The summed E-state index contributed by atoms with van der Waals surface area (Å²) >= 11 is 0. The van der Waals surface area contributed by atoms with Gasteiger partial charge in [-0.15, -0.1) is 0 Å². The van der Waals surface area contributed by atoms with Crippen molar-refractivity contribution in [2.24, 2.45) is 17.3 Å². The summed E-state index contributed by atoms with van der Waals surface area (Å²) in [4.78, 5) is 12.3. The normalized spacial score (nSPS) is 21.3. The summed E-state index contributed by atoms with van der Waals surface area (Å²) in [5.41, 5.74) is 1.98. The Labute approximate surface area is 160 Å². The molecule has 0 heterocycles. The smallest absolute Gasteiger partial charge is 0.442 e. The van der Waals surface area contributed by atoms with Crippen LogP contribution in [0.5, 0.6) is 0 Å². The molecule has 0 aromatic heterocycles. The van der Waals surface area contributed by atoms with Crippen LogP contribution in [0.25, 0.3) is 11.1 Å². The van der Waals surface area contributed by atoms with Gasteiger partial charge in [-0.3, -0.25) is 4.79 Å². The van der Waals surface area contributed by atoms with E-state index in [1.54, 1.807) is 19.9 Å². The monoisotopic (exact) mass is 392 g/mol. The SMILES string of the molecule is CC1(C)[C@H](C=C(F)C(F)(F)F)[C@@H]1C(=O)OCc1cccc(-c2ccccc2)c1. The van der Waals surface area contributed by atoms with Crippen molar-refractivity contribution in [3.63, 3.8) is 0 Å². The van der Waals surface area contributed by atoms with Crippen molar-refractivity contribution in [1.29, 1.82) is 0 Å². The fraction of sp³-hybridized carbons (Fsp3) is 0.318. The number of carbonyl (C=O) groups excluding carboxylic acids is 1. The molecule has 0 unspecified atom stereocenters. The average Bonchev–Trinajstić information content (AvgIpc) is 3.20. The van der Waals surface area contributed by atoms with Gasteiger partial charge < -0.3 is 4.74 Å². The predicted molar refractivity (Wildman–Crippen MR) is 97.7 cm³/mol. The number of ether oxygens (including phenoxy) is 1. The molecule has 0 amide bonds. The van der Waals surface area contributed by atoms with Crippen molar-refractivity contribution < 1.29 is 27.1 Å². The summed E-state index contributed by atoms with van der Waals surface area (Å²) in [7, 11) is 0. The van der Waals surface area contributed by atoms with Gasteiger partial charge in [0.1, 0.15) is 6.61 Å². The highest BCUT2D eigenvalue weighted by atomic mass is 19.4. The molecule has 2 aromatic carbocycles. The molecule has 1 aliphatic carbocycles. The Balaban J connectivity index is 1.65. The molecule has 1 fully saturated rings. The molecule has 6 heteroatoms. The lowest BCUT2D eigenvalue weighted by Gasteiger charge is -2.08. The molecule has 28 heavy (non-hydrogen) atoms. The number of benzene rings is 2. The number of carbonyl (C=O) groups is 1. The second-order valence-electron chi connectivity index (χ2n) is 7.51. The van der Waals surface area contributed by atoms with Crippen molar-refractivity contribution in [2.45, 2.75) is 26.6 Å². The summed E-state index contributed by atoms with van der Waals surface area (Å²) < 4.78 is 55.7. The van der Waals surface area contributed by atoms with E-state index in [4.69, 9.17) is 4.74 Å². The van der Waals surface area contributed by atoms with Gasteiger partial charge in [0, 0.05) is 0 Å². The van der Waals surface area contributed by atoms with Gasteiger partial charge in [0.05, 0.1) is 5.92 Å². The number of hydrogen-bond acceptors (Lipinski definition) is 2. The Bertz CT molecular complexity index is 885. The molecule has 1 aliphatic rings. The molecule has 2 aromatic rings. The first-order valence-electron chi connectivity index (χ1n) is 8.86. The number of esters is 1. The second-order valence-corrected chi connectivity index (χ2v) is 7.51. The molecule has 0 N–H and O–H groups in total. The summed E-state index contributed by atoms with van der Waals surface area (Å²) in [5, 5.41) is 0. The molecule has 2 atom stereocenters. The number of halogens is 4. The topological polar surface area (TPSA) is 26.3 Å². The first kappa shape index (κ1) is 20.1. The highest BCUT2D eigenvalue weighted by Gasteiger charge is 2.62. The Hall–Kier alpha value is -2.63. The molecule has 148 valence electrons. The van der Waals surface area contributed by atoms with Crippen molar-refractivity contribution in [1.82, 2.24) is 0 Å².